The van der Waals surface area contributed by atoms with Gasteiger partial charge in [-0.05, 0) is 47.1 Å². The maximum absolute atomic E-state index is 4.00. The summed E-state index contributed by atoms with van der Waals surface area (Å²) in [5.41, 5.74) is 1.45. The van der Waals surface area contributed by atoms with Gasteiger partial charge in [0.25, 0.3) is 0 Å². The highest BCUT2D eigenvalue weighted by molar-refractivity contribution is 9.10. The topological polar surface area (TPSA) is 0 Å². The monoisotopic (exact) mass is 394 g/mol. The molecule has 1 unspecified atom stereocenters. The average Bonchev–Trinajstić information content (AvgIpc) is 2.48. The Bertz CT molecular complexity index is 597. The Morgan fingerprint density at radius 3 is 2.30 bits per heavy atom. The minimum absolute atomic E-state index is 0.480. The molecule has 1 saturated carbocycles. The summed E-state index contributed by atoms with van der Waals surface area (Å²) in [7, 11) is 0. The van der Waals surface area contributed by atoms with Crippen LogP contribution in [-0.4, -0.2) is 0 Å². The lowest BCUT2D eigenvalue weighted by atomic mass is 9.79. The Morgan fingerprint density at radius 1 is 0.950 bits per heavy atom. The van der Waals surface area contributed by atoms with Gasteiger partial charge in [0.05, 0.1) is 0 Å². The second-order valence-corrected chi connectivity index (χ2v) is 7.94. The second-order valence-electron chi connectivity index (χ2n) is 6.10. The van der Waals surface area contributed by atoms with E-state index in [9.17, 15) is 0 Å². The van der Waals surface area contributed by atoms with Crippen molar-refractivity contribution >= 4 is 42.6 Å². The van der Waals surface area contributed by atoms with Gasteiger partial charge in [0.2, 0.25) is 0 Å². The molecule has 0 bridgehead atoms. The summed E-state index contributed by atoms with van der Waals surface area (Å²) in [5.74, 6) is 1.68. The summed E-state index contributed by atoms with van der Waals surface area (Å²) in [6.07, 6.45) is 5.45. The third-order valence-corrected chi connectivity index (χ3v) is 6.61. The molecule has 0 saturated heterocycles. The molecule has 0 aliphatic heterocycles. The van der Waals surface area contributed by atoms with E-state index >= 15 is 0 Å². The Morgan fingerprint density at radius 2 is 1.60 bits per heavy atom. The molecule has 2 heteroatoms. The lowest BCUT2D eigenvalue weighted by molar-refractivity contribution is 0.288. The highest BCUT2D eigenvalue weighted by atomic mass is 79.9. The minimum Gasteiger partial charge on any atom is -0.0836 e. The molecule has 3 rings (SSSR count). The fourth-order valence-electron chi connectivity index (χ4n) is 3.36. The minimum atomic E-state index is 0.480. The van der Waals surface area contributed by atoms with Gasteiger partial charge in [0.1, 0.15) is 0 Å². The van der Waals surface area contributed by atoms with Crippen LogP contribution in [0.4, 0.5) is 0 Å². The number of halogens is 2. The van der Waals surface area contributed by atoms with Gasteiger partial charge in [-0.15, -0.1) is 0 Å². The average molecular weight is 396 g/mol. The van der Waals surface area contributed by atoms with E-state index in [0.29, 0.717) is 4.83 Å². The molecule has 0 aromatic heterocycles. The van der Waals surface area contributed by atoms with Crippen molar-refractivity contribution in [3.8, 4) is 0 Å². The summed E-state index contributed by atoms with van der Waals surface area (Å²) in [6.45, 7) is 2.38. The quantitative estimate of drug-likeness (QED) is 0.487. The van der Waals surface area contributed by atoms with E-state index in [0.717, 1.165) is 11.8 Å². The molecule has 0 heterocycles. The number of benzene rings is 2. The third-order valence-electron chi connectivity index (χ3n) is 4.68. The SMILES string of the molecule is CC1CCC(C(Br)c2ccc(Br)c3ccccc23)CC1. The van der Waals surface area contributed by atoms with Crippen LogP contribution in [0, 0.1) is 11.8 Å². The molecule has 1 aliphatic carbocycles. The second kappa shape index (κ2) is 6.19. The van der Waals surface area contributed by atoms with E-state index in [4.69, 9.17) is 0 Å². The molecule has 1 aliphatic rings. The smallest absolute Gasteiger partial charge is 0.0429 e. The fraction of sp³-hybridized carbons (Fsp3) is 0.444. The first-order valence-corrected chi connectivity index (χ1v) is 9.19. The molecular formula is C18H20Br2. The van der Waals surface area contributed by atoms with Gasteiger partial charge >= 0.3 is 0 Å². The number of rotatable bonds is 2. The van der Waals surface area contributed by atoms with Gasteiger partial charge in [-0.3, -0.25) is 0 Å². The first-order valence-electron chi connectivity index (χ1n) is 7.48. The molecule has 0 amide bonds. The standard InChI is InChI=1S/C18H20Br2/c1-12-6-8-13(9-7-12)18(20)16-10-11-17(19)15-5-3-2-4-14(15)16/h2-5,10-13,18H,6-9H2,1H3. The van der Waals surface area contributed by atoms with E-state index in [1.165, 1.54) is 46.5 Å². The summed E-state index contributed by atoms with van der Waals surface area (Å²) in [6, 6.07) is 13.2. The zero-order valence-electron chi connectivity index (χ0n) is 11.8. The number of alkyl halides is 1. The van der Waals surface area contributed by atoms with Gasteiger partial charge in [0.15, 0.2) is 0 Å². The van der Waals surface area contributed by atoms with Crippen LogP contribution < -0.4 is 0 Å². The van der Waals surface area contributed by atoms with Crippen molar-refractivity contribution in [2.45, 2.75) is 37.4 Å². The van der Waals surface area contributed by atoms with Crippen molar-refractivity contribution in [3.05, 3.63) is 46.4 Å². The van der Waals surface area contributed by atoms with Gasteiger partial charge < -0.3 is 0 Å². The van der Waals surface area contributed by atoms with Crippen LogP contribution in [0.15, 0.2) is 40.9 Å². The lowest BCUT2D eigenvalue weighted by Gasteiger charge is -2.30. The van der Waals surface area contributed by atoms with Crippen molar-refractivity contribution in [1.82, 2.24) is 0 Å². The fourth-order valence-corrected chi connectivity index (χ4v) is 4.76. The molecule has 1 atom stereocenters. The van der Waals surface area contributed by atoms with Gasteiger partial charge in [0, 0.05) is 9.30 Å². The molecule has 0 N–H and O–H groups in total. The van der Waals surface area contributed by atoms with E-state index < -0.39 is 0 Å². The van der Waals surface area contributed by atoms with Crippen molar-refractivity contribution < 1.29 is 0 Å². The predicted molar refractivity (Wildman–Crippen MR) is 94.4 cm³/mol. The number of hydrogen-bond acceptors (Lipinski definition) is 0. The Balaban J connectivity index is 1.95. The first kappa shape index (κ1) is 14.6. The van der Waals surface area contributed by atoms with Gasteiger partial charge in [-0.2, -0.15) is 0 Å². The number of fused-ring (bicyclic) bond motifs is 1. The van der Waals surface area contributed by atoms with E-state index in [-0.39, 0.29) is 0 Å². The summed E-state index contributed by atoms with van der Waals surface area (Å²) >= 11 is 7.67. The van der Waals surface area contributed by atoms with Crippen molar-refractivity contribution in [2.24, 2.45) is 11.8 Å². The zero-order chi connectivity index (χ0) is 14.1. The van der Waals surface area contributed by atoms with E-state index in [2.05, 4.69) is 75.2 Å². The van der Waals surface area contributed by atoms with Crippen molar-refractivity contribution in [3.63, 3.8) is 0 Å². The highest BCUT2D eigenvalue weighted by Gasteiger charge is 2.26. The third kappa shape index (κ3) is 2.82. The van der Waals surface area contributed by atoms with Crippen molar-refractivity contribution in [2.75, 3.05) is 0 Å². The maximum atomic E-state index is 4.00. The van der Waals surface area contributed by atoms with Crippen LogP contribution in [0.3, 0.4) is 0 Å². The van der Waals surface area contributed by atoms with E-state index in [1.54, 1.807) is 0 Å². The highest BCUT2D eigenvalue weighted by Crippen LogP contribution is 2.44. The molecule has 0 spiro atoms. The first-order chi connectivity index (χ1) is 9.66. The predicted octanol–water partition coefficient (Wildman–Crippen LogP) is 6.86. The van der Waals surface area contributed by atoms with Crippen LogP contribution >= 0.6 is 31.9 Å². The Kier molecular flexibility index (Phi) is 4.52. The van der Waals surface area contributed by atoms with Crippen LogP contribution in [-0.2, 0) is 0 Å². The normalized spacial score (nSPS) is 24.8. The largest absolute Gasteiger partial charge is 0.0836 e. The summed E-state index contributed by atoms with van der Waals surface area (Å²) in [4.78, 5) is 0.480. The van der Waals surface area contributed by atoms with Crippen molar-refractivity contribution in [1.29, 1.82) is 0 Å². The maximum Gasteiger partial charge on any atom is 0.0429 e. The summed E-state index contributed by atoms with van der Waals surface area (Å²) < 4.78 is 1.19. The zero-order valence-corrected chi connectivity index (χ0v) is 15.0. The van der Waals surface area contributed by atoms with Gasteiger partial charge in [-0.25, -0.2) is 0 Å². The van der Waals surface area contributed by atoms with Crippen LogP contribution in [0.5, 0.6) is 0 Å². The van der Waals surface area contributed by atoms with Crippen LogP contribution in [0.25, 0.3) is 10.8 Å². The Labute approximate surface area is 138 Å². The molecule has 106 valence electrons. The molecule has 0 nitrogen and oxygen atoms in total. The molecule has 20 heavy (non-hydrogen) atoms. The molecule has 2 aromatic rings. The molecule has 1 fully saturated rings. The van der Waals surface area contributed by atoms with Crippen LogP contribution in [0.1, 0.15) is 43.0 Å². The summed E-state index contributed by atoms with van der Waals surface area (Å²) in [5, 5.41) is 2.70. The number of hydrogen-bond donors (Lipinski definition) is 0. The molecule has 2 aromatic carbocycles. The van der Waals surface area contributed by atoms with Gasteiger partial charge in [-0.1, -0.05) is 82.0 Å². The molecule has 0 radical (unpaired) electrons. The molecular weight excluding hydrogens is 376 g/mol. The lowest BCUT2D eigenvalue weighted by Crippen LogP contribution is -2.16. The Hall–Kier alpha value is -0.340. The van der Waals surface area contributed by atoms with Crippen LogP contribution in [0.2, 0.25) is 0 Å². The van der Waals surface area contributed by atoms with E-state index in [1.807, 2.05) is 0 Å².